The average molecular weight is 209 g/mol. The molecule has 1 aliphatic heterocycles. The number of anilines is 1. The quantitative estimate of drug-likeness (QED) is 0.548. The zero-order valence-corrected chi connectivity index (χ0v) is 8.20. The van der Waals surface area contributed by atoms with Crippen LogP contribution in [0.25, 0.3) is 0 Å². The smallest absolute Gasteiger partial charge is 0.422 e. The summed E-state index contributed by atoms with van der Waals surface area (Å²) in [6, 6.07) is 1.48. The molecule has 1 aliphatic rings. The Morgan fingerprint density at radius 3 is 2.73 bits per heavy atom. The normalized spacial score (nSPS) is 16.5. The van der Waals surface area contributed by atoms with Gasteiger partial charge in [0, 0.05) is 19.3 Å². The van der Waals surface area contributed by atoms with E-state index in [1.165, 1.54) is 12.3 Å². The number of rotatable bonds is 2. The van der Waals surface area contributed by atoms with Crippen LogP contribution in [0.5, 0.6) is 0 Å². The van der Waals surface area contributed by atoms with Crippen LogP contribution in [0, 0.1) is 0 Å². The molecule has 2 heterocycles. The summed E-state index contributed by atoms with van der Waals surface area (Å²) in [5, 5.41) is 17.9. The molecule has 7 heteroatoms. The second kappa shape index (κ2) is 4.56. The van der Waals surface area contributed by atoms with Crippen molar-refractivity contribution < 1.29 is 14.8 Å². The molecule has 15 heavy (non-hydrogen) atoms. The molecule has 2 rings (SSSR count). The van der Waals surface area contributed by atoms with E-state index in [0.717, 1.165) is 13.1 Å². The Morgan fingerprint density at radius 2 is 2.07 bits per heavy atom. The molecular formula is C8H12BN3O3. The van der Waals surface area contributed by atoms with E-state index in [1.807, 2.05) is 4.90 Å². The Hall–Kier alpha value is -1.18. The molecule has 0 amide bonds. The van der Waals surface area contributed by atoms with Crippen molar-refractivity contribution in [3.05, 3.63) is 12.3 Å². The van der Waals surface area contributed by atoms with Gasteiger partial charge in [-0.05, 0) is 6.07 Å². The van der Waals surface area contributed by atoms with Gasteiger partial charge in [0.15, 0.2) is 0 Å². The highest BCUT2D eigenvalue weighted by Crippen LogP contribution is 2.06. The minimum Gasteiger partial charge on any atom is -0.422 e. The minimum absolute atomic E-state index is 0.214. The standard InChI is InChI=1S/C8H12BN3O3/c13-9(14)7-1-2-10-8(11-7)12-3-5-15-6-4-12/h1-2,13-14H,3-6H2. The van der Waals surface area contributed by atoms with Crippen molar-refractivity contribution in [2.45, 2.75) is 0 Å². The fourth-order valence-corrected chi connectivity index (χ4v) is 1.42. The van der Waals surface area contributed by atoms with Gasteiger partial charge in [-0.15, -0.1) is 0 Å². The van der Waals surface area contributed by atoms with Crippen molar-refractivity contribution in [3.8, 4) is 0 Å². The largest absolute Gasteiger partial charge is 0.508 e. The number of ether oxygens (including phenoxy) is 1. The van der Waals surface area contributed by atoms with Gasteiger partial charge in [0.2, 0.25) is 5.95 Å². The van der Waals surface area contributed by atoms with Gasteiger partial charge in [-0.25, -0.2) is 9.97 Å². The molecule has 2 N–H and O–H groups in total. The molecule has 0 aliphatic carbocycles. The van der Waals surface area contributed by atoms with Gasteiger partial charge < -0.3 is 19.7 Å². The summed E-state index contributed by atoms with van der Waals surface area (Å²) in [7, 11) is -1.55. The maximum absolute atomic E-state index is 8.97. The lowest BCUT2D eigenvalue weighted by Crippen LogP contribution is -2.40. The molecule has 0 aromatic carbocycles. The van der Waals surface area contributed by atoms with Crippen LogP contribution in [0.2, 0.25) is 0 Å². The van der Waals surface area contributed by atoms with Crippen molar-refractivity contribution in [2.24, 2.45) is 0 Å². The summed E-state index contributed by atoms with van der Waals surface area (Å²) in [6.07, 6.45) is 1.52. The summed E-state index contributed by atoms with van der Waals surface area (Å²) in [5.74, 6) is 0.518. The van der Waals surface area contributed by atoms with Crippen LogP contribution >= 0.6 is 0 Å². The summed E-state index contributed by atoms with van der Waals surface area (Å²) in [5.41, 5.74) is 0.214. The van der Waals surface area contributed by atoms with E-state index in [1.54, 1.807) is 0 Å². The monoisotopic (exact) mass is 209 g/mol. The summed E-state index contributed by atoms with van der Waals surface area (Å²) in [4.78, 5) is 10.1. The Labute approximate surface area is 87.7 Å². The number of hydrogen-bond donors (Lipinski definition) is 2. The highest BCUT2D eigenvalue weighted by Gasteiger charge is 2.17. The van der Waals surface area contributed by atoms with E-state index in [-0.39, 0.29) is 5.59 Å². The van der Waals surface area contributed by atoms with Crippen molar-refractivity contribution in [3.63, 3.8) is 0 Å². The fourth-order valence-electron chi connectivity index (χ4n) is 1.42. The molecule has 0 bridgehead atoms. The fraction of sp³-hybridized carbons (Fsp3) is 0.500. The van der Waals surface area contributed by atoms with Gasteiger partial charge in [-0.3, -0.25) is 0 Å². The Morgan fingerprint density at radius 1 is 1.33 bits per heavy atom. The molecule has 1 fully saturated rings. The first-order valence-electron chi connectivity index (χ1n) is 4.79. The third kappa shape index (κ3) is 2.44. The van der Waals surface area contributed by atoms with Crippen LogP contribution in [0.3, 0.4) is 0 Å². The lowest BCUT2D eigenvalue weighted by Gasteiger charge is -2.26. The minimum atomic E-state index is -1.55. The van der Waals surface area contributed by atoms with Gasteiger partial charge in [0.25, 0.3) is 0 Å². The number of aromatic nitrogens is 2. The lowest BCUT2D eigenvalue weighted by atomic mass is 9.86. The molecule has 0 saturated carbocycles. The maximum atomic E-state index is 8.97. The SMILES string of the molecule is OB(O)c1ccnc(N2CCOCC2)n1. The van der Waals surface area contributed by atoms with Crippen LogP contribution in [0.4, 0.5) is 5.95 Å². The highest BCUT2D eigenvalue weighted by molar-refractivity contribution is 6.57. The van der Waals surface area contributed by atoms with E-state index in [0.29, 0.717) is 19.2 Å². The van der Waals surface area contributed by atoms with Gasteiger partial charge in [0.05, 0.1) is 18.8 Å². The molecule has 0 radical (unpaired) electrons. The Balaban J connectivity index is 2.16. The van der Waals surface area contributed by atoms with Crippen molar-refractivity contribution >= 4 is 18.7 Å². The van der Waals surface area contributed by atoms with E-state index < -0.39 is 7.12 Å². The van der Waals surface area contributed by atoms with E-state index in [2.05, 4.69) is 9.97 Å². The maximum Gasteiger partial charge on any atom is 0.508 e. The first-order valence-corrected chi connectivity index (χ1v) is 4.79. The lowest BCUT2D eigenvalue weighted by molar-refractivity contribution is 0.122. The van der Waals surface area contributed by atoms with Crippen LogP contribution in [-0.4, -0.2) is 53.4 Å². The summed E-state index contributed by atoms with van der Waals surface area (Å²) in [6.45, 7) is 2.75. The summed E-state index contributed by atoms with van der Waals surface area (Å²) >= 11 is 0. The second-order valence-electron chi connectivity index (χ2n) is 3.25. The Kier molecular flexibility index (Phi) is 3.15. The average Bonchev–Trinajstić information content (AvgIpc) is 2.30. The first kappa shape index (κ1) is 10.3. The molecule has 1 saturated heterocycles. The molecule has 0 unspecified atom stereocenters. The van der Waals surface area contributed by atoms with Crippen LogP contribution in [0.1, 0.15) is 0 Å². The van der Waals surface area contributed by atoms with Crippen molar-refractivity contribution in [1.29, 1.82) is 0 Å². The predicted molar refractivity (Wildman–Crippen MR) is 54.9 cm³/mol. The molecule has 6 nitrogen and oxygen atoms in total. The van der Waals surface area contributed by atoms with Gasteiger partial charge >= 0.3 is 7.12 Å². The molecule has 0 atom stereocenters. The number of nitrogens with zero attached hydrogens (tertiary/aromatic N) is 3. The van der Waals surface area contributed by atoms with Crippen molar-refractivity contribution in [2.75, 3.05) is 31.2 Å². The molecule has 0 spiro atoms. The van der Waals surface area contributed by atoms with Gasteiger partial charge in [0.1, 0.15) is 0 Å². The Bertz CT molecular complexity index is 331. The van der Waals surface area contributed by atoms with Crippen LogP contribution < -0.4 is 10.5 Å². The van der Waals surface area contributed by atoms with Crippen LogP contribution in [0.15, 0.2) is 12.3 Å². The zero-order chi connectivity index (χ0) is 10.7. The van der Waals surface area contributed by atoms with E-state index in [4.69, 9.17) is 14.8 Å². The highest BCUT2D eigenvalue weighted by atomic mass is 16.5. The van der Waals surface area contributed by atoms with Gasteiger partial charge in [-0.1, -0.05) is 0 Å². The van der Waals surface area contributed by atoms with E-state index in [9.17, 15) is 0 Å². The van der Waals surface area contributed by atoms with Gasteiger partial charge in [-0.2, -0.15) is 0 Å². The number of morpholine rings is 1. The second-order valence-corrected chi connectivity index (χ2v) is 3.25. The molecule has 80 valence electrons. The molecule has 1 aromatic rings. The molecular weight excluding hydrogens is 197 g/mol. The predicted octanol–water partition coefficient (Wildman–Crippen LogP) is -2.01. The van der Waals surface area contributed by atoms with E-state index >= 15 is 0 Å². The van der Waals surface area contributed by atoms with Crippen molar-refractivity contribution in [1.82, 2.24) is 9.97 Å². The topological polar surface area (TPSA) is 78.7 Å². The first-order chi connectivity index (χ1) is 7.27. The number of hydrogen-bond acceptors (Lipinski definition) is 6. The third-order valence-electron chi connectivity index (χ3n) is 2.22. The molecule has 1 aromatic heterocycles. The van der Waals surface area contributed by atoms with Crippen LogP contribution in [-0.2, 0) is 4.74 Å². The summed E-state index contributed by atoms with van der Waals surface area (Å²) < 4.78 is 5.20. The zero-order valence-electron chi connectivity index (χ0n) is 8.20. The third-order valence-corrected chi connectivity index (χ3v) is 2.22.